The number of hydrogen-bond donors (Lipinski definition) is 1. The van der Waals surface area contributed by atoms with E-state index in [0.717, 1.165) is 18.2 Å². The molecular formula is C18H15ClF6N4O. The molecule has 1 amide bonds. The number of rotatable bonds is 5. The zero-order chi connectivity index (χ0) is 22.1. The molecule has 1 saturated heterocycles. The molecule has 0 unspecified atom stereocenters. The Hall–Kier alpha value is -2.56. The van der Waals surface area contributed by atoms with Gasteiger partial charge in [0.1, 0.15) is 17.0 Å². The number of carbonyl (C=O) groups is 1. The minimum Gasteiger partial charge on any atom is -0.354 e. The maximum absolute atomic E-state index is 12.9. The van der Waals surface area contributed by atoms with Crippen LogP contribution in [0.5, 0.6) is 0 Å². The lowest BCUT2D eigenvalue weighted by Crippen LogP contribution is -2.57. The molecule has 1 fully saturated rings. The van der Waals surface area contributed by atoms with E-state index >= 15 is 0 Å². The first kappa shape index (κ1) is 22.1. The third kappa shape index (κ3) is 5.13. The highest BCUT2D eigenvalue weighted by molar-refractivity contribution is 6.29. The highest BCUT2D eigenvalue weighted by Gasteiger charge is 2.39. The summed E-state index contributed by atoms with van der Waals surface area (Å²) in [5.74, 6) is -1.91. The maximum atomic E-state index is 12.9. The average molecular weight is 453 g/mol. The molecule has 2 aromatic rings. The molecule has 3 rings (SSSR count). The summed E-state index contributed by atoms with van der Waals surface area (Å²) in [6, 6.07) is 5.00. The summed E-state index contributed by atoms with van der Waals surface area (Å²) >= 11 is 5.65. The maximum Gasteiger partial charge on any atom is 0.451 e. The molecule has 1 atom stereocenters. The molecule has 12 heteroatoms. The highest BCUT2D eigenvalue weighted by atomic mass is 35.5. The van der Waals surface area contributed by atoms with Crippen LogP contribution in [-0.2, 0) is 23.6 Å². The molecule has 0 aliphatic carbocycles. The largest absolute Gasteiger partial charge is 0.451 e. The van der Waals surface area contributed by atoms with Crippen molar-refractivity contribution in [2.24, 2.45) is 0 Å². The third-order valence-electron chi connectivity index (χ3n) is 4.55. The molecule has 0 radical (unpaired) electrons. The van der Waals surface area contributed by atoms with E-state index in [4.69, 9.17) is 11.6 Å². The summed E-state index contributed by atoms with van der Waals surface area (Å²) in [7, 11) is 0. The molecule has 1 N–H and O–H groups in total. The minimum atomic E-state index is -4.77. The van der Waals surface area contributed by atoms with Gasteiger partial charge in [-0.05, 0) is 30.5 Å². The van der Waals surface area contributed by atoms with Crippen molar-refractivity contribution in [3.05, 3.63) is 52.4 Å². The van der Waals surface area contributed by atoms with Crippen molar-refractivity contribution < 1.29 is 31.1 Å². The summed E-state index contributed by atoms with van der Waals surface area (Å²) in [6.07, 6.45) is -8.48. The Bertz CT molecular complexity index is 916. The van der Waals surface area contributed by atoms with Gasteiger partial charge in [0, 0.05) is 19.2 Å². The van der Waals surface area contributed by atoms with Crippen LogP contribution in [0.4, 0.5) is 32.2 Å². The predicted octanol–water partition coefficient (Wildman–Crippen LogP) is 4.11. The second-order valence-electron chi connectivity index (χ2n) is 6.60. The van der Waals surface area contributed by atoms with E-state index in [9.17, 15) is 31.1 Å². The number of benzene rings is 1. The van der Waals surface area contributed by atoms with Gasteiger partial charge in [0.05, 0.1) is 5.56 Å². The fraction of sp³-hybridized carbons (Fsp3) is 0.389. The number of carbonyl (C=O) groups excluding carboxylic acids is 1. The highest BCUT2D eigenvalue weighted by Crippen LogP contribution is 2.32. The molecule has 0 saturated carbocycles. The minimum absolute atomic E-state index is 0.100. The van der Waals surface area contributed by atoms with Crippen LogP contribution in [0.1, 0.15) is 23.4 Å². The standard InChI is InChI=1S/C18H15ClF6N4O/c19-13-9-14(28-16(27-13)18(23,24)25)29-8-6-12(29)15(30)26-7-5-10-1-3-11(4-2-10)17(20,21)22/h1-4,9,12H,5-8H2,(H,26,30)/t12-/m0/s1. The van der Waals surface area contributed by atoms with Crippen LogP contribution in [0.15, 0.2) is 30.3 Å². The summed E-state index contributed by atoms with van der Waals surface area (Å²) in [6.45, 7) is 0.481. The number of amides is 1. The number of alkyl halides is 6. The fourth-order valence-corrected chi connectivity index (χ4v) is 3.10. The van der Waals surface area contributed by atoms with Gasteiger partial charge < -0.3 is 10.2 Å². The Kier molecular flexibility index (Phi) is 6.11. The third-order valence-corrected chi connectivity index (χ3v) is 4.74. The van der Waals surface area contributed by atoms with Crippen molar-refractivity contribution in [1.29, 1.82) is 0 Å². The normalized spacial score (nSPS) is 16.9. The molecule has 1 aromatic heterocycles. The summed E-state index contributed by atoms with van der Waals surface area (Å²) in [5, 5.41) is 2.25. The molecule has 5 nitrogen and oxygen atoms in total. The van der Waals surface area contributed by atoms with Crippen molar-refractivity contribution >= 4 is 23.3 Å². The Morgan fingerprint density at radius 2 is 1.77 bits per heavy atom. The van der Waals surface area contributed by atoms with E-state index in [-0.39, 0.29) is 17.5 Å². The van der Waals surface area contributed by atoms with E-state index in [2.05, 4.69) is 15.3 Å². The van der Waals surface area contributed by atoms with Crippen molar-refractivity contribution in [2.75, 3.05) is 18.0 Å². The lowest BCUT2D eigenvalue weighted by molar-refractivity contribution is -0.145. The molecule has 1 aromatic carbocycles. The van der Waals surface area contributed by atoms with Crippen molar-refractivity contribution in [2.45, 2.75) is 31.2 Å². The lowest BCUT2D eigenvalue weighted by Gasteiger charge is -2.40. The Morgan fingerprint density at radius 3 is 2.30 bits per heavy atom. The van der Waals surface area contributed by atoms with Gasteiger partial charge in [-0.3, -0.25) is 4.79 Å². The molecule has 162 valence electrons. The van der Waals surface area contributed by atoms with Gasteiger partial charge >= 0.3 is 12.4 Å². The first-order valence-electron chi connectivity index (χ1n) is 8.77. The first-order chi connectivity index (χ1) is 13.9. The second-order valence-corrected chi connectivity index (χ2v) is 6.99. The summed E-state index contributed by atoms with van der Waals surface area (Å²) < 4.78 is 76.3. The molecule has 30 heavy (non-hydrogen) atoms. The number of halogens is 7. The Balaban J connectivity index is 1.57. The number of anilines is 1. The van der Waals surface area contributed by atoms with Crippen LogP contribution < -0.4 is 10.2 Å². The zero-order valence-electron chi connectivity index (χ0n) is 15.2. The summed E-state index contributed by atoms with van der Waals surface area (Å²) in [4.78, 5) is 20.3. The van der Waals surface area contributed by atoms with Crippen LogP contribution in [0, 0.1) is 0 Å². The number of nitrogens with one attached hydrogen (secondary N) is 1. The quantitative estimate of drug-likeness (QED) is 0.548. The van der Waals surface area contributed by atoms with Crippen molar-refractivity contribution in [3.8, 4) is 0 Å². The molecule has 1 aliphatic rings. The zero-order valence-corrected chi connectivity index (χ0v) is 15.9. The molecule has 0 spiro atoms. The topological polar surface area (TPSA) is 58.1 Å². The average Bonchev–Trinajstić information content (AvgIpc) is 2.59. The van der Waals surface area contributed by atoms with Crippen molar-refractivity contribution in [1.82, 2.24) is 15.3 Å². The van der Waals surface area contributed by atoms with Crippen LogP contribution in [-0.4, -0.2) is 35.0 Å². The molecular weight excluding hydrogens is 438 g/mol. The van der Waals surface area contributed by atoms with E-state index in [0.29, 0.717) is 24.9 Å². The van der Waals surface area contributed by atoms with Crippen LogP contribution in [0.3, 0.4) is 0 Å². The van der Waals surface area contributed by atoms with Crippen LogP contribution >= 0.6 is 11.6 Å². The van der Waals surface area contributed by atoms with E-state index in [1.165, 1.54) is 17.0 Å². The number of hydrogen-bond acceptors (Lipinski definition) is 4. The van der Waals surface area contributed by atoms with Gasteiger partial charge in [0.2, 0.25) is 11.7 Å². The van der Waals surface area contributed by atoms with Gasteiger partial charge in [-0.1, -0.05) is 23.7 Å². The molecule has 2 heterocycles. The van der Waals surface area contributed by atoms with Gasteiger partial charge in [0.15, 0.2) is 0 Å². The van der Waals surface area contributed by atoms with Crippen LogP contribution in [0.2, 0.25) is 5.15 Å². The van der Waals surface area contributed by atoms with Crippen LogP contribution in [0.25, 0.3) is 0 Å². The first-order valence-corrected chi connectivity index (χ1v) is 9.15. The number of aromatic nitrogens is 2. The smallest absolute Gasteiger partial charge is 0.354 e. The summed E-state index contributed by atoms with van der Waals surface area (Å²) in [5.41, 5.74) is -0.159. The van der Waals surface area contributed by atoms with Gasteiger partial charge in [-0.2, -0.15) is 26.3 Å². The Morgan fingerprint density at radius 1 is 1.10 bits per heavy atom. The van der Waals surface area contributed by atoms with Gasteiger partial charge in [-0.15, -0.1) is 0 Å². The van der Waals surface area contributed by atoms with E-state index in [1.807, 2.05) is 0 Å². The van der Waals surface area contributed by atoms with E-state index < -0.39 is 35.7 Å². The number of nitrogens with zero attached hydrogens (tertiary/aromatic N) is 3. The predicted molar refractivity (Wildman–Crippen MR) is 96.0 cm³/mol. The second kappa shape index (κ2) is 8.29. The van der Waals surface area contributed by atoms with E-state index in [1.54, 1.807) is 0 Å². The monoisotopic (exact) mass is 452 g/mol. The molecule has 0 bridgehead atoms. The molecule has 1 aliphatic heterocycles. The fourth-order valence-electron chi connectivity index (χ4n) is 2.92. The SMILES string of the molecule is O=C(NCCc1ccc(C(F)(F)F)cc1)[C@@H]1CCN1c1cc(Cl)nc(C(F)(F)F)n1. The Labute approximate surface area is 172 Å². The van der Waals surface area contributed by atoms with Gasteiger partial charge in [0.25, 0.3) is 0 Å². The van der Waals surface area contributed by atoms with Crippen molar-refractivity contribution in [3.63, 3.8) is 0 Å². The lowest BCUT2D eigenvalue weighted by atomic mass is 10.0. The van der Waals surface area contributed by atoms with Gasteiger partial charge in [-0.25, -0.2) is 9.97 Å².